The van der Waals surface area contributed by atoms with E-state index in [-0.39, 0.29) is 11.8 Å². The Morgan fingerprint density at radius 1 is 1.09 bits per heavy atom. The third kappa shape index (κ3) is 3.63. The number of hydrogen-bond acceptors (Lipinski definition) is 6. The summed E-state index contributed by atoms with van der Waals surface area (Å²) in [7, 11) is 4.55. The van der Waals surface area contributed by atoms with Crippen molar-refractivity contribution in [1.82, 2.24) is 0 Å². The molecule has 184 valence electrons. The van der Waals surface area contributed by atoms with Crippen molar-refractivity contribution in [3.8, 4) is 17.2 Å². The summed E-state index contributed by atoms with van der Waals surface area (Å²) in [6.45, 7) is 4.65. The van der Waals surface area contributed by atoms with Gasteiger partial charge in [-0.3, -0.25) is 9.59 Å². The first-order valence-corrected chi connectivity index (χ1v) is 11.7. The second kappa shape index (κ2) is 8.61. The highest BCUT2D eigenvalue weighted by Crippen LogP contribution is 2.53. The van der Waals surface area contributed by atoms with Gasteiger partial charge >= 0.3 is 0 Å². The molecule has 1 N–H and O–H groups in total. The van der Waals surface area contributed by atoms with Crippen LogP contribution in [0.1, 0.15) is 25.3 Å². The zero-order valence-electron chi connectivity index (χ0n) is 20.5. The smallest absolute Gasteiger partial charge is 0.234 e. The number of nitrogens with zero attached hydrogens (tertiary/aromatic N) is 1. The lowest BCUT2D eigenvalue weighted by atomic mass is 9.76. The monoisotopic (exact) mass is 478 g/mol. The molecule has 2 amide bonds. The predicted molar refractivity (Wildman–Crippen MR) is 131 cm³/mol. The maximum Gasteiger partial charge on any atom is 0.234 e. The van der Waals surface area contributed by atoms with E-state index in [0.29, 0.717) is 35.4 Å². The molecule has 4 atom stereocenters. The number of amides is 2. The van der Waals surface area contributed by atoms with Crippen LogP contribution in [0.3, 0.4) is 0 Å². The van der Waals surface area contributed by atoms with Crippen molar-refractivity contribution >= 4 is 23.2 Å². The molecular formula is C27H30N2O6. The zero-order chi connectivity index (χ0) is 24.9. The molecule has 0 aliphatic carbocycles. The standard InChI is InChI=1S/C27H30N2O6/c1-15(2)16-6-8-18(9-7-16)29-14-27-11-10-19(35-27)22(23(27)26(29)31)25(30)28-17-12-20(32-3)24(34-5)21(13-17)33-4/h6-13,15,19,22-23H,14H2,1-5H3,(H,28,30)/t19-,22-,23-,27-/m1/s1. The number of benzene rings is 2. The molecule has 0 aromatic heterocycles. The number of anilines is 2. The van der Waals surface area contributed by atoms with Crippen LogP contribution in [0.5, 0.6) is 17.2 Å². The fourth-order valence-corrected chi connectivity index (χ4v) is 5.43. The van der Waals surface area contributed by atoms with Gasteiger partial charge in [-0.05, 0) is 23.6 Å². The Hall–Kier alpha value is -3.52. The van der Waals surface area contributed by atoms with Gasteiger partial charge in [-0.15, -0.1) is 0 Å². The van der Waals surface area contributed by atoms with Gasteiger partial charge in [-0.1, -0.05) is 38.1 Å². The van der Waals surface area contributed by atoms with E-state index in [2.05, 4.69) is 19.2 Å². The number of rotatable bonds is 7. The van der Waals surface area contributed by atoms with E-state index in [1.807, 2.05) is 36.4 Å². The minimum atomic E-state index is -0.796. The van der Waals surface area contributed by atoms with Gasteiger partial charge in [0.15, 0.2) is 11.5 Å². The highest BCUT2D eigenvalue weighted by Gasteiger charge is 2.67. The molecular weight excluding hydrogens is 448 g/mol. The van der Waals surface area contributed by atoms with Crippen molar-refractivity contribution in [3.05, 3.63) is 54.1 Å². The zero-order valence-corrected chi connectivity index (χ0v) is 20.5. The van der Waals surface area contributed by atoms with E-state index < -0.39 is 23.5 Å². The third-order valence-electron chi connectivity index (χ3n) is 7.21. The minimum absolute atomic E-state index is 0.0980. The number of carbonyl (C=O) groups excluding carboxylic acids is 2. The molecule has 3 aliphatic rings. The molecule has 2 saturated heterocycles. The van der Waals surface area contributed by atoms with Crippen LogP contribution in [0.15, 0.2) is 48.6 Å². The molecule has 2 aromatic carbocycles. The van der Waals surface area contributed by atoms with Gasteiger partial charge in [-0.2, -0.15) is 0 Å². The lowest BCUT2D eigenvalue weighted by molar-refractivity contribution is -0.128. The molecule has 0 unspecified atom stereocenters. The van der Waals surface area contributed by atoms with Crippen molar-refractivity contribution in [1.29, 1.82) is 0 Å². The van der Waals surface area contributed by atoms with Gasteiger partial charge in [0.1, 0.15) is 5.60 Å². The van der Waals surface area contributed by atoms with Crippen molar-refractivity contribution in [2.24, 2.45) is 11.8 Å². The van der Waals surface area contributed by atoms with Crippen molar-refractivity contribution in [2.75, 3.05) is 38.1 Å². The molecule has 2 aromatic rings. The molecule has 1 spiro atoms. The number of fused-ring (bicyclic) bond motifs is 1. The second-order valence-corrected chi connectivity index (χ2v) is 9.47. The summed E-state index contributed by atoms with van der Waals surface area (Å²) < 4.78 is 22.4. The lowest BCUT2D eigenvalue weighted by Crippen LogP contribution is -2.41. The molecule has 8 heteroatoms. The Morgan fingerprint density at radius 3 is 2.31 bits per heavy atom. The van der Waals surface area contributed by atoms with E-state index in [9.17, 15) is 9.59 Å². The van der Waals surface area contributed by atoms with E-state index in [0.717, 1.165) is 5.69 Å². The van der Waals surface area contributed by atoms with E-state index in [1.165, 1.54) is 26.9 Å². The molecule has 3 aliphatic heterocycles. The second-order valence-electron chi connectivity index (χ2n) is 9.47. The summed E-state index contributed by atoms with van der Waals surface area (Å²) >= 11 is 0. The predicted octanol–water partition coefficient (Wildman–Crippen LogP) is 3.76. The Bertz CT molecular complexity index is 1170. The SMILES string of the molecule is COc1cc(NC(=O)[C@@H]2[C@H]3C=C[C@]4(CN(c5ccc(C(C)C)cc5)C(=O)[C@@H]24)O3)cc(OC)c1OC. The first kappa shape index (κ1) is 23.2. The summed E-state index contributed by atoms with van der Waals surface area (Å²) in [6.07, 6.45) is 3.40. The van der Waals surface area contributed by atoms with Crippen LogP contribution in [-0.2, 0) is 14.3 Å². The van der Waals surface area contributed by atoms with Gasteiger partial charge in [0, 0.05) is 23.5 Å². The molecule has 2 fully saturated rings. The van der Waals surface area contributed by atoms with Gasteiger partial charge in [0.2, 0.25) is 17.6 Å². The highest BCUT2D eigenvalue weighted by atomic mass is 16.5. The van der Waals surface area contributed by atoms with Crippen LogP contribution in [0.25, 0.3) is 0 Å². The number of ether oxygens (including phenoxy) is 4. The molecule has 35 heavy (non-hydrogen) atoms. The molecule has 5 rings (SSSR count). The number of methoxy groups -OCH3 is 3. The van der Waals surface area contributed by atoms with Crippen molar-refractivity contribution in [3.63, 3.8) is 0 Å². The normalized spacial score (nSPS) is 26.3. The van der Waals surface area contributed by atoms with Crippen LogP contribution in [-0.4, -0.2) is 51.4 Å². The molecule has 0 saturated carbocycles. The van der Waals surface area contributed by atoms with Crippen LogP contribution in [0, 0.1) is 11.8 Å². The summed E-state index contributed by atoms with van der Waals surface area (Å²) in [6, 6.07) is 11.3. The fraction of sp³-hybridized carbons (Fsp3) is 0.407. The number of carbonyl (C=O) groups is 2. The summed E-state index contributed by atoms with van der Waals surface area (Å²) in [5.74, 6) is 0.0666. The molecule has 3 heterocycles. The van der Waals surface area contributed by atoms with Crippen LogP contribution in [0.4, 0.5) is 11.4 Å². The average Bonchev–Trinajstić information content (AvgIpc) is 3.51. The van der Waals surface area contributed by atoms with Crippen molar-refractivity contribution in [2.45, 2.75) is 31.5 Å². The van der Waals surface area contributed by atoms with E-state index in [1.54, 1.807) is 17.0 Å². The topological polar surface area (TPSA) is 86.3 Å². The van der Waals surface area contributed by atoms with Crippen LogP contribution in [0.2, 0.25) is 0 Å². The van der Waals surface area contributed by atoms with Gasteiger partial charge < -0.3 is 29.2 Å². The Balaban J connectivity index is 1.41. The van der Waals surface area contributed by atoms with Gasteiger partial charge in [0.25, 0.3) is 0 Å². The van der Waals surface area contributed by atoms with E-state index >= 15 is 0 Å². The van der Waals surface area contributed by atoms with Crippen LogP contribution >= 0.6 is 0 Å². The molecule has 8 nitrogen and oxygen atoms in total. The van der Waals surface area contributed by atoms with E-state index in [4.69, 9.17) is 18.9 Å². The number of hydrogen-bond donors (Lipinski definition) is 1. The maximum absolute atomic E-state index is 13.6. The Kier molecular flexibility index (Phi) is 5.71. The molecule has 0 radical (unpaired) electrons. The Morgan fingerprint density at radius 2 is 1.74 bits per heavy atom. The van der Waals surface area contributed by atoms with Crippen LogP contribution < -0.4 is 24.4 Å². The summed E-state index contributed by atoms with van der Waals surface area (Å²) in [5, 5.41) is 2.93. The Labute approximate surface area is 204 Å². The first-order valence-electron chi connectivity index (χ1n) is 11.7. The summed E-state index contributed by atoms with van der Waals surface area (Å²) in [5.41, 5.74) is 1.71. The first-order chi connectivity index (χ1) is 16.8. The van der Waals surface area contributed by atoms with Gasteiger partial charge in [-0.25, -0.2) is 0 Å². The average molecular weight is 479 g/mol. The quantitative estimate of drug-likeness (QED) is 0.610. The fourth-order valence-electron chi connectivity index (χ4n) is 5.43. The molecule has 2 bridgehead atoms. The van der Waals surface area contributed by atoms with Crippen molar-refractivity contribution < 1.29 is 28.5 Å². The number of nitrogens with one attached hydrogen (secondary N) is 1. The minimum Gasteiger partial charge on any atom is -0.493 e. The maximum atomic E-state index is 13.6. The lowest BCUT2D eigenvalue weighted by Gasteiger charge is -2.24. The third-order valence-corrected chi connectivity index (χ3v) is 7.21. The summed E-state index contributed by atoms with van der Waals surface area (Å²) in [4.78, 5) is 28.9. The largest absolute Gasteiger partial charge is 0.493 e. The van der Waals surface area contributed by atoms with Gasteiger partial charge in [0.05, 0.1) is 45.8 Å². The highest BCUT2D eigenvalue weighted by molar-refractivity contribution is 6.05.